The summed E-state index contributed by atoms with van der Waals surface area (Å²) < 4.78 is 0. The molecule has 0 radical (unpaired) electrons. The highest BCUT2D eigenvalue weighted by Crippen LogP contribution is 2.58. The van der Waals surface area contributed by atoms with Gasteiger partial charge in [0.1, 0.15) is 0 Å². The molecule has 20 heavy (non-hydrogen) atoms. The summed E-state index contributed by atoms with van der Waals surface area (Å²) in [5, 5.41) is 4.03. The molecule has 114 valence electrons. The van der Waals surface area contributed by atoms with Gasteiger partial charge in [-0.1, -0.05) is 32.6 Å². The van der Waals surface area contributed by atoms with Gasteiger partial charge in [-0.25, -0.2) is 0 Å². The van der Waals surface area contributed by atoms with Gasteiger partial charge in [0.2, 0.25) is 0 Å². The van der Waals surface area contributed by atoms with Crippen molar-refractivity contribution in [1.82, 2.24) is 5.32 Å². The van der Waals surface area contributed by atoms with Crippen molar-refractivity contribution in [3.8, 4) is 0 Å². The molecule has 1 heteroatoms. The van der Waals surface area contributed by atoms with Crippen LogP contribution in [0.1, 0.15) is 71.1 Å². The summed E-state index contributed by atoms with van der Waals surface area (Å²) in [5.41, 5.74) is 0. The van der Waals surface area contributed by atoms with Gasteiger partial charge in [-0.2, -0.15) is 0 Å². The Hall–Kier alpha value is -0.0400. The first-order chi connectivity index (χ1) is 9.85. The molecule has 0 saturated heterocycles. The van der Waals surface area contributed by atoms with Crippen molar-refractivity contribution in [2.75, 3.05) is 6.54 Å². The lowest BCUT2D eigenvalue weighted by atomic mass is 9.78. The van der Waals surface area contributed by atoms with Gasteiger partial charge < -0.3 is 5.32 Å². The van der Waals surface area contributed by atoms with E-state index in [4.69, 9.17) is 0 Å². The number of fused-ring (bicyclic) bond motifs is 5. The summed E-state index contributed by atoms with van der Waals surface area (Å²) in [7, 11) is 0. The van der Waals surface area contributed by atoms with Gasteiger partial charge in [-0.05, 0) is 80.6 Å². The van der Waals surface area contributed by atoms with E-state index in [9.17, 15) is 0 Å². The highest BCUT2D eigenvalue weighted by Gasteiger charge is 2.53. The molecule has 0 amide bonds. The van der Waals surface area contributed by atoms with Crippen molar-refractivity contribution in [2.45, 2.75) is 77.2 Å². The summed E-state index contributed by atoms with van der Waals surface area (Å²) in [4.78, 5) is 0. The second-order valence-electron chi connectivity index (χ2n) is 8.46. The fourth-order valence-corrected chi connectivity index (χ4v) is 6.46. The van der Waals surface area contributed by atoms with Crippen LogP contribution in [0.2, 0.25) is 0 Å². The third kappa shape index (κ3) is 2.34. The summed E-state index contributed by atoms with van der Waals surface area (Å²) in [6.07, 6.45) is 15.2. The first-order valence-electron chi connectivity index (χ1n) is 9.58. The monoisotopic (exact) mass is 275 g/mol. The minimum absolute atomic E-state index is 0.906. The average Bonchev–Trinajstić information content (AvgIpc) is 3.17. The minimum Gasteiger partial charge on any atom is -0.313 e. The highest BCUT2D eigenvalue weighted by atomic mass is 14.9. The lowest BCUT2D eigenvalue weighted by molar-refractivity contribution is 0.192. The predicted molar refractivity (Wildman–Crippen MR) is 84.6 cm³/mol. The second kappa shape index (κ2) is 5.63. The number of rotatable bonds is 4. The standard InChI is InChI=1S/C19H33N/c1-2-13-6-8-14(9-7-13)12-20-19-11-15-10-18(19)17-5-3-4-16(15)17/h13-20H,2-12H2,1H3. The molecule has 4 saturated carbocycles. The molecule has 0 spiro atoms. The maximum atomic E-state index is 4.03. The molecule has 4 rings (SSSR count). The zero-order valence-corrected chi connectivity index (χ0v) is 13.3. The van der Waals surface area contributed by atoms with E-state index in [0.29, 0.717) is 0 Å². The predicted octanol–water partition coefficient (Wildman–Crippen LogP) is 4.62. The smallest absolute Gasteiger partial charge is 0.0101 e. The van der Waals surface area contributed by atoms with E-state index in [1.54, 1.807) is 19.3 Å². The van der Waals surface area contributed by atoms with E-state index in [1.807, 2.05) is 0 Å². The molecule has 0 heterocycles. The average molecular weight is 275 g/mol. The van der Waals surface area contributed by atoms with Crippen LogP contribution in [-0.4, -0.2) is 12.6 Å². The molecule has 0 aliphatic heterocycles. The van der Waals surface area contributed by atoms with Crippen LogP contribution in [0.4, 0.5) is 0 Å². The van der Waals surface area contributed by atoms with Crippen molar-refractivity contribution in [2.24, 2.45) is 35.5 Å². The van der Waals surface area contributed by atoms with E-state index in [2.05, 4.69) is 12.2 Å². The quantitative estimate of drug-likeness (QED) is 0.789. The van der Waals surface area contributed by atoms with E-state index < -0.39 is 0 Å². The third-order valence-electron chi connectivity index (χ3n) is 7.64. The molecule has 5 atom stereocenters. The Morgan fingerprint density at radius 2 is 1.55 bits per heavy atom. The Balaban J connectivity index is 1.25. The molecule has 4 fully saturated rings. The van der Waals surface area contributed by atoms with Crippen LogP contribution in [0.15, 0.2) is 0 Å². The zero-order valence-electron chi connectivity index (χ0n) is 13.3. The van der Waals surface area contributed by atoms with E-state index >= 15 is 0 Å². The molecule has 1 nitrogen and oxygen atoms in total. The lowest BCUT2D eigenvalue weighted by Crippen LogP contribution is -2.41. The van der Waals surface area contributed by atoms with Crippen LogP contribution >= 0.6 is 0 Å². The van der Waals surface area contributed by atoms with Crippen LogP contribution in [0.25, 0.3) is 0 Å². The maximum absolute atomic E-state index is 4.03. The summed E-state index contributed by atoms with van der Waals surface area (Å²) in [6.45, 7) is 3.71. The van der Waals surface area contributed by atoms with E-state index in [0.717, 1.165) is 41.5 Å². The lowest BCUT2D eigenvalue weighted by Gasteiger charge is -2.34. The third-order valence-corrected chi connectivity index (χ3v) is 7.64. The first kappa shape index (κ1) is 13.6. The summed E-state index contributed by atoms with van der Waals surface area (Å²) in [6, 6.07) is 0.906. The molecular weight excluding hydrogens is 242 g/mol. The molecule has 4 aliphatic rings. The number of nitrogens with one attached hydrogen (secondary N) is 1. The normalized spacial score (nSPS) is 50.5. The molecule has 5 unspecified atom stereocenters. The fourth-order valence-electron chi connectivity index (χ4n) is 6.46. The summed E-state index contributed by atoms with van der Waals surface area (Å²) in [5.74, 6) is 6.50. The Kier molecular flexibility index (Phi) is 3.83. The Morgan fingerprint density at radius 1 is 0.800 bits per heavy atom. The van der Waals surface area contributed by atoms with Crippen molar-refractivity contribution >= 4 is 0 Å². The van der Waals surface area contributed by atoms with Gasteiger partial charge in [0.15, 0.2) is 0 Å². The van der Waals surface area contributed by atoms with Gasteiger partial charge in [0.05, 0.1) is 0 Å². The van der Waals surface area contributed by atoms with Crippen LogP contribution in [0.3, 0.4) is 0 Å². The van der Waals surface area contributed by atoms with Crippen molar-refractivity contribution in [1.29, 1.82) is 0 Å². The van der Waals surface area contributed by atoms with Crippen molar-refractivity contribution in [3.63, 3.8) is 0 Å². The Morgan fingerprint density at radius 3 is 2.35 bits per heavy atom. The van der Waals surface area contributed by atoms with Crippen molar-refractivity contribution < 1.29 is 0 Å². The topological polar surface area (TPSA) is 12.0 Å². The van der Waals surface area contributed by atoms with Gasteiger partial charge in [0.25, 0.3) is 0 Å². The molecule has 0 aromatic heterocycles. The van der Waals surface area contributed by atoms with Gasteiger partial charge >= 0.3 is 0 Å². The van der Waals surface area contributed by atoms with Gasteiger partial charge in [0, 0.05) is 6.04 Å². The molecule has 0 aromatic carbocycles. The molecule has 2 bridgehead atoms. The van der Waals surface area contributed by atoms with Crippen LogP contribution in [0, 0.1) is 35.5 Å². The molecule has 4 aliphatic carbocycles. The summed E-state index contributed by atoms with van der Waals surface area (Å²) >= 11 is 0. The van der Waals surface area contributed by atoms with Gasteiger partial charge in [-0.3, -0.25) is 0 Å². The number of hydrogen-bond donors (Lipinski definition) is 1. The largest absolute Gasteiger partial charge is 0.313 e. The highest BCUT2D eigenvalue weighted by molar-refractivity contribution is 5.05. The first-order valence-corrected chi connectivity index (χ1v) is 9.58. The van der Waals surface area contributed by atoms with E-state index in [1.165, 1.54) is 51.5 Å². The van der Waals surface area contributed by atoms with Crippen LogP contribution < -0.4 is 5.32 Å². The molecule has 0 aromatic rings. The second-order valence-corrected chi connectivity index (χ2v) is 8.46. The van der Waals surface area contributed by atoms with E-state index in [-0.39, 0.29) is 0 Å². The van der Waals surface area contributed by atoms with Gasteiger partial charge in [-0.15, -0.1) is 0 Å². The van der Waals surface area contributed by atoms with Crippen LogP contribution in [0.5, 0.6) is 0 Å². The zero-order chi connectivity index (χ0) is 13.5. The Labute approximate surface area is 125 Å². The van der Waals surface area contributed by atoms with Crippen molar-refractivity contribution in [3.05, 3.63) is 0 Å². The Bertz CT molecular complexity index is 331. The molecule has 1 N–H and O–H groups in total. The fraction of sp³-hybridized carbons (Fsp3) is 1.00. The molecular formula is C19H33N. The van der Waals surface area contributed by atoms with Crippen LogP contribution in [-0.2, 0) is 0 Å². The minimum atomic E-state index is 0.906. The number of hydrogen-bond acceptors (Lipinski definition) is 1. The maximum Gasteiger partial charge on any atom is 0.0101 e. The SMILES string of the molecule is CCC1CCC(CNC2CC3CC2C2CCCC32)CC1.